The number of fused-ring (bicyclic) bond motifs is 1. The lowest BCUT2D eigenvalue weighted by molar-refractivity contribution is -0.113. The van der Waals surface area contributed by atoms with Gasteiger partial charge in [0.25, 0.3) is 0 Å². The third-order valence-corrected chi connectivity index (χ3v) is 2.90. The summed E-state index contributed by atoms with van der Waals surface area (Å²) in [6.45, 7) is 1.96. The van der Waals surface area contributed by atoms with Crippen LogP contribution in [-0.2, 0) is 4.79 Å². The molecule has 0 aromatic rings. The van der Waals surface area contributed by atoms with Crippen molar-refractivity contribution < 1.29 is 18.0 Å². The highest BCUT2D eigenvalue weighted by Crippen LogP contribution is 2.53. The van der Waals surface area contributed by atoms with E-state index in [-0.39, 0.29) is 35.4 Å². The molecule has 2 rings (SSSR count). The molecule has 2 unspecified atom stereocenters. The first-order valence-corrected chi connectivity index (χ1v) is 5.03. The molecule has 0 radical (unpaired) electrons. The molecule has 2 N–H and O–H groups in total. The highest BCUT2D eigenvalue weighted by molar-refractivity contribution is 6.50. The number of rotatable bonds is 1. The summed E-state index contributed by atoms with van der Waals surface area (Å²) in [5.74, 6) is -0.935. The molecule has 2 atom stereocenters. The van der Waals surface area contributed by atoms with Gasteiger partial charge in [-0.15, -0.1) is 0 Å². The lowest BCUT2D eigenvalue weighted by Gasteiger charge is -2.11. The van der Waals surface area contributed by atoms with E-state index in [1.165, 1.54) is 0 Å². The van der Waals surface area contributed by atoms with Crippen LogP contribution in [0.4, 0.5) is 13.2 Å². The van der Waals surface area contributed by atoms with Crippen molar-refractivity contribution in [2.24, 2.45) is 22.6 Å². The maximum absolute atomic E-state index is 12.5. The molecule has 2 saturated carbocycles. The Morgan fingerprint density at radius 2 is 2.12 bits per heavy atom. The van der Waals surface area contributed by atoms with Crippen LogP contribution >= 0.6 is 0 Å². The zero-order valence-electron chi connectivity index (χ0n) is 8.64. The van der Waals surface area contributed by atoms with E-state index in [2.05, 4.69) is 4.99 Å². The van der Waals surface area contributed by atoms with Crippen molar-refractivity contribution in [3.63, 3.8) is 0 Å². The SMILES string of the molecule is CCN=C1C(=O)C2CC2C1=C(N)C(F)(F)F. The summed E-state index contributed by atoms with van der Waals surface area (Å²) in [5.41, 5.74) is 3.79. The fourth-order valence-electron chi connectivity index (χ4n) is 2.09. The van der Waals surface area contributed by atoms with Crippen LogP contribution in [0.5, 0.6) is 0 Å². The van der Waals surface area contributed by atoms with Gasteiger partial charge < -0.3 is 5.73 Å². The minimum atomic E-state index is -4.58. The number of Topliss-reactive ketones (excluding diaryl/α,β-unsaturated/α-hetero) is 1. The second-order valence-electron chi connectivity index (χ2n) is 3.96. The van der Waals surface area contributed by atoms with Gasteiger partial charge >= 0.3 is 6.18 Å². The number of carbonyl (C=O) groups is 1. The summed E-state index contributed by atoms with van der Waals surface area (Å²) < 4.78 is 37.5. The first-order valence-electron chi connectivity index (χ1n) is 5.03. The van der Waals surface area contributed by atoms with Gasteiger partial charge in [-0.2, -0.15) is 13.2 Å². The molecule has 2 aliphatic rings. The van der Waals surface area contributed by atoms with Gasteiger partial charge in [-0.1, -0.05) is 0 Å². The van der Waals surface area contributed by atoms with Crippen molar-refractivity contribution >= 4 is 11.5 Å². The van der Waals surface area contributed by atoms with Crippen molar-refractivity contribution in [2.45, 2.75) is 19.5 Å². The quantitative estimate of drug-likeness (QED) is 0.743. The van der Waals surface area contributed by atoms with Gasteiger partial charge in [-0.25, -0.2) is 0 Å². The average Bonchev–Trinajstić information content (AvgIpc) is 2.89. The Labute approximate surface area is 90.2 Å². The Bertz CT molecular complexity index is 409. The highest BCUT2D eigenvalue weighted by atomic mass is 19.4. The van der Waals surface area contributed by atoms with Crippen LogP contribution < -0.4 is 5.73 Å². The smallest absolute Gasteiger partial charge is 0.394 e. The number of hydrogen-bond donors (Lipinski definition) is 1. The number of allylic oxidation sites excluding steroid dienone is 2. The minimum Gasteiger partial charge on any atom is -0.394 e. The summed E-state index contributed by atoms with van der Waals surface area (Å²) >= 11 is 0. The minimum absolute atomic E-state index is 0.0569. The lowest BCUT2D eigenvalue weighted by Crippen LogP contribution is -2.26. The third-order valence-electron chi connectivity index (χ3n) is 2.90. The zero-order chi connectivity index (χ0) is 12.1. The van der Waals surface area contributed by atoms with E-state index in [1.54, 1.807) is 6.92 Å². The molecular weight excluding hydrogens is 221 g/mol. The predicted molar refractivity (Wildman–Crippen MR) is 51.8 cm³/mol. The van der Waals surface area contributed by atoms with Crippen LogP contribution in [-0.4, -0.2) is 24.2 Å². The van der Waals surface area contributed by atoms with Gasteiger partial charge in [0.15, 0.2) is 5.78 Å². The van der Waals surface area contributed by atoms with Crippen LogP contribution in [0.15, 0.2) is 16.3 Å². The summed E-state index contributed by atoms with van der Waals surface area (Å²) in [7, 11) is 0. The number of alkyl halides is 3. The van der Waals surface area contributed by atoms with Crippen LogP contribution in [0, 0.1) is 11.8 Å². The molecule has 0 aliphatic heterocycles. The number of nitrogens with two attached hydrogens (primary N) is 1. The molecule has 2 fully saturated rings. The van der Waals surface area contributed by atoms with Crippen LogP contribution in [0.25, 0.3) is 0 Å². The summed E-state index contributed by atoms with van der Waals surface area (Å²) in [4.78, 5) is 15.4. The summed E-state index contributed by atoms with van der Waals surface area (Å²) in [5, 5.41) is 0. The molecule has 0 bridgehead atoms. The van der Waals surface area contributed by atoms with Gasteiger partial charge in [0.2, 0.25) is 0 Å². The molecule has 0 saturated heterocycles. The first kappa shape index (κ1) is 11.2. The molecule has 0 heterocycles. The number of hydrogen-bond acceptors (Lipinski definition) is 3. The second-order valence-corrected chi connectivity index (χ2v) is 3.96. The molecule has 16 heavy (non-hydrogen) atoms. The Morgan fingerprint density at radius 3 is 2.62 bits per heavy atom. The zero-order valence-corrected chi connectivity index (χ0v) is 8.64. The van der Waals surface area contributed by atoms with Gasteiger partial charge in [0.1, 0.15) is 11.4 Å². The van der Waals surface area contributed by atoms with Crippen molar-refractivity contribution in [1.82, 2.24) is 0 Å². The summed E-state index contributed by atoms with van der Waals surface area (Å²) in [6, 6.07) is 0. The van der Waals surface area contributed by atoms with Crippen molar-refractivity contribution in [2.75, 3.05) is 6.54 Å². The summed E-state index contributed by atoms with van der Waals surface area (Å²) in [6.07, 6.45) is -4.10. The highest BCUT2D eigenvalue weighted by Gasteiger charge is 2.57. The van der Waals surface area contributed by atoms with E-state index in [0.717, 1.165) is 0 Å². The molecular formula is C10H11F3N2O. The van der Waals surface area contributed by atoms with Gasteiger partial charge in [-0.05, 0) is 19.3 Å². The maximum Gasteiger partial charge on any atom is 0.431 e. The number of nitrogens with zero attached hydrogens (tertiary/aromatic N) is 1. The molecule has 0 aromatic heterocycles. The maximum atomic E-state index is 12.5. The monoisotopic (exact) mass is 232 g/mol. The Kier molecular flexibility index (Phi) is 2.32. The molecule has 6 heteroatoms. The van der Waals surface area contributed by atoms with Gasteiger partial charge in [-0.3, -0.25) is 9.79 Å². The van der Waals surface area contributed by atoms with E-state index in [9.17, 15) is 18.0 Å². The topological polar surface area (TPSA) is 55.5 Å². The van der Waals surface area contributed by atoms with Gasteiger partial charge in [0, 0.05) is 18.0 Å². The van der Waals surface area contributed by atoms with E-state index < -0.39 is 11.9 Å². The molecule has 0 amide bonds. The Morgan fingerprint density at radius 1 is 1.50 bits per heavy atom. The predicted octanol–water partition coefficient (Wildman–Crippen LogP) is 1.44. The van der Waals surface area contributed by atoms with Gasteiger partial charge in [0.05, 0.1) is 0 Å². The molecule has 0 aromatic carbocycles. The second kappa shape index (κ2) is 3.33. The van der Waals surface area contributed by atoms with E-state index in [1.807, 2.05) is 0 Å². The van der Waals surface area contributed by atoms with Crippen molar-refractivity contribution in [3.05, 3.63) is 11.3 Å². The first-order chi connectivity index (χ1) is 7.38. The number of halogens is 3. The van der Waals surface area contributed by atoms with Crippen LogP contribution in [0.1, 0.15) is 13.3 Å². The average molecular weight is 232 g/mol. The van der Waals surface area contributed by atoms with E-state index in [0.29, 0.717) is 6.42 Å². The van der Waals surface area contributed by atoms with Crippen molar-refractivity contribution in [1.29, 1.82) is 0 Å². The number of aliphatic imine (C=N–C) groups is 1. The standard InChI is InChI=1S/C10H11F3N2O/c1-2-15-7-6(9(14)10(11,12)13)4-3-5(4)8(7)16/h4-5H,2-3,14H2,1H3. The third kappa shape index (κ3) is 1.52. The normalized spacial score (nSPS) is 34.2. The van der Waals surface area contributed by atoms with E-state index in [4.69, 9.17) is 5.73 Å². The molecule has 3 nitrogen and oxygen atoms in total. The fourth-order valence-corrected chi connectivity index (χ4v) is 2.09. The van der Waals surface area contributed by atoms with Crippen LogP contribution in [0.3, 0.4) is 0 Å². The number of carbonyl (C=O) groups excluding carboxylic acids is 1. The largest absolute Gasteiger partial charge is 0.431 e. The van der Waals surface area contributed by atoms with E-state index >= 15 is 0 Å². The van der Waals surface area contributed by atoms with Crippen molar-refractivity contribution in [3.8, 4) is 0 Å². The Hall–Kier alpha value is -1.33. The van der Waals surface area contributed by atoms with Crippen LogP contribution in [0.2, 0.25) is 0 Å². The molecule has 88 valence electrons. The lowest BCUT2D eigenvalue weighted by atomic mass is 10.1. The number of ketones is 1. The molecule has 0 spiro atoms. The molecule has 2 aliphatic carbocycles. The Balaban J connectivity index is 2.48. The fraction of sp³-hybridized carbons (Fsp3) is 0.600.